The van der Waals surface area contributed by atoms with Crippen LogP contribution in [-0.2, 0) is 11.3 Å². The van der Waals surface area contributed by atoms with Crippen molar-refractivity contribution in [1.29, 1.82) is 0 Å². The van der Waals surface area contributed by atoms with E-state index in [0.29, 0.717) is 22.3 Å². The molecule has 0 atom stereocenters. The number of amides is 1. The summed E-state index contributed by atoms with van der Waals surface area (Å²) in [6, 6.07) is 11.3. The van der Waals surface area contributed by atoms with Crippen LogP contribution in [0.15, 0.2) is 36.4 Å². The fourth-order valence-electron chi connectivity index (χ4n) is 2.33. The van der Waals surface area contributed by atoms with Crippen molar-refractivity contribution in [2.45, 2.75) is 13.5 Å². The van der Waals surface area contributed by atoms with Gasteiger partial charge in [0.2, 0.25) is 5.91 Å². The van der Waals surface area contributed by atoms with E-state index >= 15 is 0 Å². The van der Waals surface area contributed by atoms with Crippen molar-refractivity contribution >= 4 is 34.8 Å². The molecule has 0 saturated heterocycles. The molecule has 0 bridgehead atoms. The van der Waals surface area contributed by atoms with Gasteiger partial charge in [0.15, 0.2) is 0 Å². The summed E-state index contributed by atoms with van der Waals surface area (Å²) in [6.45, 7) is 2.71. The topological polar surface area (TPSA) is 41.6 Å². The Labute approximate surface area is 152 Å². The number of benzene rings is 2. The number of aryl methyl sites for hydroxylation is 1. The number of nitrogens with one attached hydrogen (secondary N) is 1. The summed E-state index contributed by atoms with van der Waals surface area (Å²) in [5.41, 5.74) is 2.38. The molecule has 1 amide bonds. The maximum Gasteiger partial charge on any atom is 0.238 e. The van der Waals surface area contributed by atoms with E-state index < -0.39 is 0 Å². The molecule has 0 aliphatic heterocycles. The molecule has 0 aliphatic carbocycles. The molecule has 128 valence electrons. The average molecular weight is 367 g/mol. The number of halogens is 2. The highest BCUT2D eigenvalue weighted by Gasteiger charge is 2.13. The zero-order valence-corrected chi connectivity index (χ0v) is 15.4. The summed E-state index contributed by atoms with van der Waals surface area (Å²) < 4.78 is 5.21. The highest BCUT2D eigenvalue weighted by Crippen LogP contribution is 2.32. The van der Waals surface area contributed by atoms with Crippen LogP contribution in [0.3, 0.4) is 0 Å². The third kappa shape index (κ3) is 4.87. The van der Waals surface area contributed by atoms with Crippen molar-refractivity contribution in [3.8, 4) is 5.75 Å². The van der Waals surface area contributed by atoms with E-state index in [1.165, 1.54) is 0 Å². The number of likely N-dealkylation sites (N-methyl/N-ethyl adjacent to an activating group) is 1. The maximum atomic E-state index is 12.3. The standard InChI is InChI=1S/C18H20Cl2N2O2/c1-12-7-8-15(19)18(17(12)20)21-16(23)11-22(2)10-13-5-4-6-14(9-13)24-3/h4-9H,10-11H2,1-3H3,(H,21,23). The van der Waals surface area contributed by atoms with Gasteiger partial charge in [0.05, 0.1) is 29.4 Å². The molecular formula is C18H20Cl2N2O2. The molecule has 2 aromatic carbocycles. The molecule has 0 fully saturated rings. The predicted molar refractivity (Wildman–Crippen MR) is 99.2 cm³/mol. The molecule has 0 saturated carbocycles. The van der Waals surface area contributed by atoms with E-state index in [0.717, 1.165) is 16.9 Å². The van der Waals surface area contributed by atoms with E-state index in [-0.39, 0.29) is 12.5 Å². The van der Waals surface area contributed by atoms with Crippen LogP contribution in [0.5, 0.6) is 5.75 Å². The van der Waals surface area contributed by atoms with Crippen LogP contribution in [-0.4, -0.2) is 31.5 Å². The Kier molecular flexibility index (Phi) is 6.49. The minimum absolute atomic E-state index is 0.171. The van der Waals surface area contributed by atoms with Crippen LogP contribution in [0, 0.1) is 6.92 Å². The zero-order valence-electron chi connectivity index (χ0n) is 13.9. The van der Waals surface area contributed by atoms with Crippen LogP contribution in [0.4, 0.5) is 5.69 Å². The zero-order chi connectivity index (χ0) is 17.7. The van der Waals surface area contributed by atoms with Crippen molar-refractivity contribution in [3.63, 3.8) is 0 Å². The van der Waals surface area contributed by atoms with E-state index in [4.69, 9.17) is 27.9 Å². The number of methoxy groups -OCH3 is 1. The number of nitrogens with zero attached hydrogens (tertiary/aromatic N) is 1. The van der Waals surface area contributed by atoms with Crippen molar-refractivity contribution in [3.05, 3.63) is 57.6 Å². The molecule has 24 heavy (non-hydrogen) atoms. The van der Waals surface area contributed by atoms with Gasteiger partial charge in [-0.25, -0.2) is 0 Å². The normalized spacial score (nSPS) is 10.8. The summed E-state index contributed by atoms with van der Waals surface area (Å²) in [6.07, 6.45) is 0. The smallest absolute Gasteiger partial charge is 0.238 e. The van der Waals surface area contributed by atoms with Crippen molar-refractivity contribution in [2.24, 2.45) is 0 Å². The number of anilines is 1. The van der Waals surface area contributed by atoms with Gasteiger partial charge in [-0.3, -0.25) is 9.69 Å². The molecule has 0 aromatic heterocycles. The van der Waals surface area contributed by atoms with Crippen molar-refractivity contribution < 1.29 is 9.53 Å². The van der Waals surface area contributed by atoms with Gasteiger partial charge in [-0.2, -0.15) is 0 Å². The van der Waals surface area contributed by atoms with Crippen molar-refractivity contribution in [2.75, 3.05) is 26.0 Å². The summed E-state index contributed by atoms with van der Waals surface area (Å²) in [5, 5.41) is 3.68. The molecule has 6 heteroatoms. The highest BCUT2D eigenvalue weighted by atomic mass is 35.5. The molecule has 0 radical (unpaired) electrons. The van der Waals surface area contributed by atoms with E-state index in [9.17, 15) is 4.79 Å². The number of carbonyl (C=O) groups is 1. The monoisotopic (exact) mass is 366 g/mol. The van der Waals surface area contributed by atoms with Crippen molar-refractivity contribution in [1.82, 2.24) is 4.90 Å². The third-order valence-corrected chi connectivity index (χ3v) is 4.35. The maximum absolute atomic E-state index is 12.3. The van der Waals surface area contributed by atoms with Gasteiger partial charge in [-0.05, 0) is 43.3 Å². The minimum atomic E-state index is -0.171. The lowest BCUT2D eigenvalue weighted by atomic mass is 10.2. The van der Waals surface area contributed by atoms with Gasteiger partial charge in [0.1, 0.15) is 5.75 Å². The van der Waals surface area contributed by atoms with Gasteiger partial charge in [0.25, 0.3) is 0 Å². The van der Waals surface area contributed by atoms with E-state index in [1.54, 1.807) is 13.2 Å². The molecule has 0 unspecified atom stereocenters. The Bertz CT molecular complexity index is 735. The van der Waals surface area contributed by atoms with Gasteiger partial charge < -0.3 is 10.1 Å². The van der Waals surface area contributed by atoms with Crippen LogP contribution >= 0.6 is 23.2 Å². The van der Waals surface area contributed by atoms with Crippen LogP contribution in [0.1, 0.15) is 11.1 Å². The quantitative estimate of drug-likeness (QED) is 0.824. The summed E-state index contributed by atoms with van der Waals surface area (Å²) in [5.74, 6) is 0.624. The molecule has 2 aromatic rings. The lowest BCUT2D eigenvalue weighted by Crippen LogP contribution is -2.30. The van der Waals surface area contributed by atoms with Gasteiger partial charge in [0, 0.05) is 6.54 Å². The average Bonchev–Trinajstić information content (AvgIpc) is 2.55. The number of ether oxygens (including phenoxy) is 1. The Morgan fingerprint density at radius 2 is 2.00 bits per heavy atom. The summed E-state index contributed by atoms with van der Waals surface area (Å²) in [7, 11) is 3.50. The lowest BCUT2D eigenvalue weighted by molar-refractivity contribution is -0.117. The highest BCUT2D eigenvalue weighted by molar-refractivity contribution is 6.40. The van der Waals surface area contributed by atoms with Gasteiger partial charge in [-0.15, -0.1) is 0 Å². The Balaban J connectivity index is 1.98. The molecule has 4 nitrogen and oxygen atoms in total. The molecule has 2 rings (SSSR count). The van der Waals surface area contributed by atoms with E-state index in [1.807, 2.05) is 49.2 Å². The molecule has 0 spiro atoms. The third-order valence-electron chi connectivity index (χ3n) is 3.55. The molecule has 1 N–H and O–H groups in total. The first-order valence-corrected chi connectivity index (χ1v) is 8.22. The second kappa shape index (κ2) is 8.38. The molecule has 0 aliphatic rings. The first-order chi connectivity index (χ1) is 11.4. The van der Waals surface area contributed by atoms with Crippen LogP contribution in [0.2, 0.25) is 10.0 Å². The second-order valence-corrected chi connectivity index (χ2v) is 6.41. The summed E-state index contributed by atoms with van der Waals surface area (Å²) in [4.78, 5) is 14.2. The Hall–Kier alpha value is -1.75. The van der Waals surface area contributed by atoms with Crippen LogP contribution in [0.25, 0.3) is 0 Å². The fourth-order valence-corrected chi connectivity index (χ4v) is 2.80. The minimum Gasteiger partial charge on any atom is -0.497 e. The van der Waals surface area contributed by atoms with Gasteiger partial charge in [-0.1, -0.05) is 41.4 Å². The number of hydrogen-bond donors (Lipinski definition) is 1. The van der Waals surface area contributed by atoms with E-state index in [2.05, 4.69) is 5.32 Å². The number of rotatable bonds is 6. The molecular weight excluding hydrogens is 347 g/mol. The van der Waals surface area contributed by atoms with Gasteiger partial charge >= 0.3 is 0 Å². The first-order valence-electron chi connectivity index (χ1n) is 7.46. The first kappa shape index (κ1) is 18.6. The fraction of sp³-hybridized carbons (Fsp3) is 0.278. The Morgan fingerprint density at radius 3 is 2.71 bits per heavy atom. The SMILES string of the molecule is COc1cccc(CN(C)CC(=O)Nc2c(Cl)ccc(C)c2Cl)c1. The number of hydrogen-bond acceptors (Lipinski definition) is 3. The van der Waals surface area contributed by atoms with Crippen LogP contribution < -0.4 is 10.1 Å². The lowest BCUT2D eigenvalue weighted by Gasteiger charge is -2.18. The predicted octanol–water partition coefficient (Wildman–Crippen LogP) is 4.38. The Morgan fingerprint density at radius 1 is 1.25 bits per heavy atom. The second-order valence-electron chi connectivity index (χ2n) is 5.63. The summed E-state index contributed by atoms with van der Waals surface area (Å²) >= 11 is 12.3. The number of carbonyl (C=O) groups excluding carboxylic acids is 1. The largest absolute Gasteiger partial charge is 0.497 e. The molecule has 0 heterocycles.